The number of nitrogens with zero attached hydrogens (tertiary/aromatic N) is 1. The summed E-state index contributed by atoms with van der Waals surface area (Å²) in [6.07, 6.45) is 3.44. The van der Waals surface area contributed by atoms with Crippen molar-refractivity contribution >= 4 is 46.3 Å². The molecule has 2 amide bonds. The monoisotopic (exact) mass is 439 g/mol. The topological polar surface area (TPSA) is 61.4 Å². The third-order valence-electron chi connectivity index (χ3n) is 4.64. The molecule has 1 aliphatic rings. The molecule has 0 bridgehead atoms. The molecule has 1 fully saturated rings. The van der Waals surface area contributed by atoms with E-state index in [1.807, 2.05) is 6.92 Å². The van der Waals surface area contributed by atoms with Gasteiger partial charge in [-0.05, 0) is 62.0 Å². The molecule has 0 aliphatic carbocycles. The molecular weight excluding hydrogens is 416 g/mol. The zero-order valence-electron chi connectivity index (χ0n) is 16.0. The number of rotatable bonds is 7. The summed E-state index contributed by atoms with van der Waals surface area (Å²) < 4.78 is 25.3. The Labute approximate surface area is 176 Å². The molecule has 5 nitrogen and oxygen atoms in total. The van der Waals surface area contributed by atoms with Crippen LogP contribution in [0.1, 0.15) is 34.5 Å². The highest BCUT2D eigenvalue weighted by Crippen LogP contribution is 2.32. The Morgan fingerprint density at radius 1 is 1.17 bits per heavy atom. The highest BCUT2D eigenvalue weighted by molar-refractivity contribution is 7.99. The third kappa shape index (κ3) is 6.25. The van der Waals surface area contributed by atoms with Gasteiger partial charge in [-0.15, -0.1) is 11.3 Å². The molecule has 0 spiro atoms. The van der Waals surface area contributed by atoms with Crippen LogP contribution in [0.5, 0.6) is 0 Å². The second-order valence-corrected chi connectivity index (χ2v) is 8.81. The number of amides is 2. The number of hydrogen-bond donors (Lipinski definition) is 2. The van der Waals surface area contributed by atoms with Crippen LogP contribution in [0.25, 0.3) is 0 Å². The first-order valence-corrected chi connectivity index (χ1v) is 11.1. The predicted molar refractivity (Wildman–Crippen MR) is 114 cm³/mol. The number of benzene rings is 1. The summed E-state index contributed by atoms with van der Waals surface area (Å²) in [5.41, 5.74) is 1.99. The number of alkyl halides is 2. The van der Waals surface area contributed by atoms with Gasteiger partial charge < -0.3 is 10.6 Å². The molecule has 1 aromatic carbocycles. The van der Waals surface area contributed by atoms with Gasteiger partial charge in [-0.3, -0.25) is 14.5 Å². The fourth-order valence-electron chi connectivity index (χ4n) is 3.18. The van der Waals surface area contributed by atoms with E-state index in [1.165, 1.54) is 12.5 Å². The first-order valence-electron chi connectivity index (χ1n) is 9.39. The Bertz CT molecular complexity index is 867. The zero-order chi connectivity index (χ0) is 20.8. The summed E-state index contributed by atoms with van der Waals surface area (Å²) in [6, 6.07) is 6.73. The molecule has 0 radical (unpaired) electrons. The first kappa shape index (κ1) is 21.7. The van der Waals surface area contributed by atoms with E-state index in [0.29, 0.717) is 29.7 Å². The number of hydrogen-bond acceptors (Lipinski definition) is 5. The van der Waals surface area contributed by atoms with Crippen molar-refractivity contribution in [2.24, 2.45) is 0 Å². The van der Waals surface area contributed by atoms with Gasteiger partial charge in [0.15, 0.2) is 0 Å². The van der Waals surface area contributed by atoms with Crippen LogP contribution in [-0.2, 0) is 4.79 Å². The summed E-state index contributed by atoms with van der Waals surface area (Å²) in [6.45, 7) is 4.09. The van der Waals surface area contributed by atoms with Gasteiger partial charge in [0, 0.05) is 16.3 Å². The average molecular weight is 440 g/mol. The van der Waals surface area contributed by atoms with Gasteiger partial charge in [0.1, 0.15) is 4.88 Å². The van der Waals surface area contributed by atoms with Crippen molar-refractivity contribution < 1.29 is 18.4 Å². The Morgan fingerprint density at radius 2 is 1.93 bits per heavy atom. The molecule has 0 unspecified atom stereocenters. The molecule has 2 aromatic rings. The standard InChI is InChI=1S/C20H23F2N3O2S2/c1-13-5-6-14(23-19(27)18-16(7-10-28-18)29-20(21)22)11-15(13)24-17(26)12-25-8-3-2-4-9-25/h5-7,10-11,20H,2-4,8-9,12H2,1H3,(H,23,27)(H,24,26). The van der Waals surface area contributed by atoms with Crippen LogP contribution in [0, 0.1) is 6.92 Å². The average Bonchev–Trinajstić information content (AvgIpc) is 3.12. The normalized spacial score (nSPS) is 14.8. The van der Waals surface area contributed by atoms with Crippen molar-refractivity contribution in [2.45, 2.75) is 36.8 Å². The molecule has 2 N–H and O–H groups in total. The van der Waals surface area contributed by atoms with Crippen LogP contribution >= 0.6 is 23.1 Å². The summed E-state index contributed by atoms with van der Waals surface area (Å²) in [7, 11) is 0. The van der Waals surface area contributed by atoms with Crippen LogP contribution in [-0.4, -0.2) is 42.1 Å². The zero-order valence-corrected chi connectivity index (χ0v) is 17.7. The molecule has 0 saturated carbocycles. The smallest absolute Gasteiger partial charge is 0.288 e. The number of carbonyl (C=O) groups excluding carboxylic acids is 2. The Kier molecular flexibility index (Phi) is 7.63. The van der Waals surface area contributed by atoms with Gasteiger partial charge >= 0.3 is 0 Å². The maximum absolute atomic E-state index is 12.6. The quantitative estimate of drug-likeness (QED) is 0.593. The minimum Gasteiger partial charge on any atom is -0.325 e. The molecule has 1 aliphatic heterocycles. The van der Waals surface area contributed by atoms with Gasteiger partial charge in [-0.25, -0.2) is 0 Å². The van der Waals surface area contributed by atoms with Crippen LogP contribution in [0.15, 0.2) is 34.5 Å². The number of aryl methyl sites for hydroxylation is 1. The lowest BCUT2D eigenvalue weighted by Gasteiger charge is -2.25. The van der Waals surface area contributed by atoms with E-state index in [-0.39, 0.29) is 15.7 Å². The third-order valence-corrected chi connectivity index (χ3v) is 6.45. The number of thioether (sulfide) groups is 1. The van der Waals surface area contributed by atoms with Crippen molar-refractivity contribution in [3.63, 3.8) is 0 Å². The fraction of sp³-hybridized carbons (Fsp3) is 0.400. The number of anilines is 2. The first-order chi connectivity index (χ1) is 13.9. The van der Waals surface area contributed by atoms with E-state index >= 15 is 0 Å². The number of nitrogens with one attached hydrogen (secondary N) is 2. The van der Waals surface area contributed by atoms with Gasteiger partial charge in [-0.2, -0.15) is 8.78 Å². The van der Waals surface area contributed by atoms with Crippen LogP contribution < -0.4 is 10.6 Å². The Balaban J connectivity index is 1.64. The Morgan fingerprint density at radius 3 is 2.66 bits per heavy atom. The number of piperidine rings is 1. The molecule has 0 atom stereocenters. The predicted octanol–water partition coefficient (Wildman–Crippen LogP) is 5.05. The molecule has 3 rings (SSSR count). The molecule has 156 valence electrons. The van der Waals surface area contributed by atoms with E-state index in [4.69, 9.17) is 0 Å². The minimum absolute atomic E-state index is 0.0904. The second kappa shape index (κ2) is 10.2. The largest absolute Gasteiger partial charge is 0.325 e. The van der Waals surface area contributed by atoms with E-state index in [9.17, 15) is 18.4 Å². The second-order valence-electron chi connectivity index (χ2n) is 6.86. The molecule has 29 heavy (non-hydrogen) atoms. The van der Waals surface area contributed by atoms with Gasteiger partial charge in [0.25, 0.3) is 11.7 Å². The Hall–Kier alpha value is -1.97. The molecule has 1 saturated heterocycles. The van der Waals surface area contributed by atoms with Crippen molar-refractivity contribution in [2.75, 3.05) is 30.3 Å². The van der Waals surface area contributed by atoms with E-state index in [0.717, 1.165) is 42.8 Å². The molecule has 9 heteroatoms. The van der Waals surface area contributed by atoms with Gasteiger partial charge in [0.2, 0.25) is 5.91 Å². The van der Waals surface area contributed by atoms with Crippen molar-refractivity contribution in [1.29, 1.82) is 0 Å². The van der Waals surface area contributed by atoms with E-state index in [1.54, 1.807) is 23.6 Å². The number of carbonyl (C=O) groups is 2. The lowest BCUT2D eigenvalue weighted by molar-refractivity contribution is -0.117. The molecular formula is C20H23F2N3O2S2. The number of thiophene rings is 1. The highest BCUT2D eigenvalue weighted by atomic mass is 32.2. The van der Waals surface area contributed by atoms with Crippen LogP contribution in [0.2, 0.25) is 0 Å². The van der Waals surface area contributed by atoms with Gasteiger partial charge in [0.05, 0.1) is 6.54 Å². The van der Waals surface area contributed by atoms with Gasteiger partial charge in [-0.1, -0.05) is 24.2 Å². The lowest BCUT2D eigenvalue weighted by Crippen LogP contribution is -2.36. The van der Waals surface area contributed by atoms with Crippen molar-refractivity contribution in [1.82, 2.24) is 4.90 Å². The summed E-state index contributed by atoms with van der Waals surface area (Å²) in [5.74, 6) is -3.12. The minimum atomic E-state index is -2.59. The maximum atomic E-state index is 12.6. The van der Waals surface area contributed by atoms with Crippen LogP contribution in [0.3, 0.4) is 0 Å². The fourth-order valence-corrected chi connectivity index (χ4v) is 4.78. The lowest BCUT2D eigenvalue weighted by atomic mass is 10.1. The molecule has 2 heterocycles. The molecule has 1 aromatic heterocycles. The van der Waals surface area contributed by atoms with Crippen molar-refractivity contribution in [3.05, 3.63) is 40.1 Å². The van der Waals surface area contributed by atoms with Crippen molar-refractivity contribution in [3.8, 4) is 0 Å². The van der Waals surface area contributed by atoms with E-state index in [2.05, 4.69) is 15.5 Å². The van der Waals surface area contributed by atoms with Crippen LogP contribution in [0.4, 0.5) is 20.2 Å². The summed E-state index contributed by atoms with van der Waals surface area (Å²) >= 11 is 1.47. The summed E-state index contributed by atoms with van der Waals surface area (Å²) in [5, 5.41) is 7.25. The maximum Gasteiger partial charge on any atom is 0.288 e. The highest BCUT2D eigenvalue weighted by Gasteiger charge is 2.18. The number of halogens is 2. The number of likely N-dealkylation sites (tertiary alicyclic amines) is 1. The van der Waals surface area contributed by atoms with E-state index < -0.39 is 11.7 Å². The summed E-state index contributed by atoms with van der Waals surface area (Å²) in [4.78, 5) is 27.5. The SMILES string of the molecule is Cc1ccc(NC(=O)c2sccc2SC(F)F)cc1NC(=O)CN1CCCCC1.